The number of aromatic nitrogens is 1. The first-order valence-corrected chi connectivity index (χ1v) is 13.6. The Hall–Kier alpha value is -3.13. The van der Waals surface area contributed by atoms with Crippen molar-refractivity contribution in [3.05, 3.63) is 53.9 Å². The molecule has 0 bridgehead atoms. The van der Waals surface area contributed by atoms with Gasteiger partial charge in [-0.15, -0.1) is 0 Å². The van der Waals surface area contributed by atoms with E-state index < -0.39 is 6.10 Å². The fraction of sp³-hybridized carbons (Fsp3) is 0.567. The van der Waals surface area contributed by atoms with Crippen LogP contribution >= 0.6 is 0 Å². The maximum absolute atomic E-state index is 13.2. The lowest BCUT2D eigenvalue weighted by molar-refractivity contribution is -0.142. The van der Waals surface area contributed by atoms with Crippen LogP contribution in [0.4, 0.5) is 0 Å². The normalized spacial score (nSPS) is 29.5. The third-order valence-corrected chi connectivity index (χ3v) is 9.07. The van der Waals surface area contributed by atoms with Crippen LogP contribution in [-0.4, -0.2) is 48.3 Å². The number of aliphatic hydroxyl groups excluding tert-OH is 1. The molecule has 2 aliphatic carbocycles. The van der Waals surface area contributed by atoms with Crippen molar-refractivity contribution in [1.29, 1.82) is 0 Å². The lowest BCUT2D eigenvalue weighted by atomic mass is 9.51. The van der Waals surface area contributed by atoms with Gasteiger partial charge >= 0.3 is 0 Å². The number of nitrogens with one attached hydrogen (secondary N) is 2. The number of pyridine rings is 1. The van der Waals surface area contributed by atoms with Crippen LogP contribution in [0.2, 0.25) is 0 Å². The average Bonchev–Trinajstić information content (AvgIpc) is 2.93. The molecule has 1 aromatic carbocycles. The van der Waals surface area contributed by atoms with Crippen molar-refractivity contribution in [1.82, 2.24) is 15.6 Å². The number of rotatable bonds is 8. The maximum Gasteiger partial charge on any atom is 0.270 e. The van der Waals surface area contributed by atoms with E-state index in [1.807, 2.05) is 25.1 Å². The second kappa shape index (κ2) is 11.7. The number of carbonyl (C=O) groups is 2. The van der Waals surface area contributed by atoms with Gasteiger partial charge in [-0.25, -0.2) is 0 Å². The lowest BCUT2D eigenvalue weighted by Gasteiger charge is -2.56. The van der Waals surface area contributed by atoms with Gasteiger partial charge in [0.1, 0.15) is 5.69 Å². The number of ether oxygens (including phenoxy) is 2. The monoisotopic (exact) mass is 523 g/mol. The predicted molar refractivity (Wildman–Crippen MR) is 145 cm³/mol. The Morgan fingerprint density at radius 2 is 1.87 bits per heavy atom. The standard InChI is InChI=1S/C30H41N3O5/c1-18(28(35)32-17-20-9-10-24(37-4)25(16-20)38-5)21-11-13-30(3)14-12-22(19(2)26(30)27(21)34)33-29(36)23-8-6-7-15-31-23/h6-10,15-16,18-19,21-22,26-27,34H,11-14,17H2,1-5H3,(H,32,35)(H,33,36). The molecule has 2 amide bonds. The molecule has 8 heteroatoms. The van der Waals surface area contributed by atoms with Crippen LogP contribution in [0, 0.1) is 29.1 Å². The molecular weight excluding hydrogens is 482 g/mol. The molecule has 2 fully saturated rings. The van der Waals surface area contributed by atoms with Crippen LogP contribution < -0.4 is 20.1 Å². The van der Waals surface area contributed by atoms with E-state index in [1.54, 1.807) is 38.6 Å². The molecule has 0 radical (unpaired) electrons. The van der Waals surface area contributed by atoms with Gasteiger partial charge in [0.2, 0.25) is 5.91 Å². The third-order valence-electron chi connectivity index (χ3n) is 9.07. The van der Waals surface area contributed by atoms with Crippen LogP contribution in [0.1, 0.15) is 62.5 Å². The van der Waals surface area contributed by atoms with E-state index in [2.05, 4.69) is 29.5 Å². The number of benzene rings is 1. The summed E-state index contributed by atoms with van der Waals surface area (Å²) in [5.74, 6) is 0.570. The number of hydrogen-bond acceptors (Lipinski definition) is 6. The van der Waals surface area contributed by atoms with Gasteiger partial charge in [0, 0.05) is 24.7 Å². The summed E-state index contributed by atoms with van der Waals surface area (Å²) in [4.78, 5) is 30.2. The number of carbonyl (C=O) groups excluding carboxylic acids is 2. The average molecular weight is 524 g/mol. The van der Waals surface area contributed by atoms with Crippen molar-refractivity contribution in [3.63, 3.8) is 0 Å². The molecule has 1 aromatic heterocycles. The van der Waals surface area contributed by atoms with Gasteiger partial charge in [0.05, 0.1) is 20.3 Å². The van der Waals surface area contributed by atoms with Gasteiger partial charge < -0.3 is 25.2 Å². The molecular formula is C30H41N3O5. The highest BCUT2D eigenvalue weighted by Crippen LogP contribution is 2.55. The minimum Gasteiger partial charge on any atom is -0.493 e. The first kappa shape index (κ1) is 27.9. The van der Waals surface area contributed by atoms with Gasteiger partial charge in [-0.2, -0.15) is 0 Å². The zero-order valence-electron chi connectivity index (χ0n) is 23.1. The number of methoxy groups -OCH3 is 2. The van der Waals surface area contributed by atoms with E-state index in [0.29, 0.717) is 23.7 Å². The minimum absolute atomic E-state index is 0.00914. The van der Waals surface area contributed by atoms with Gasteiger partial charge in [0.25, 0.3) is 5.91 Å². The predicted octanol–water partition coefficient (Wildman–Crippen LogP) is 3.97. The lowest BCUT2D eigenvalue weighted by Crippen LogP contribution is -2.58. The Balaban J connectivity index is 1.41. The highest BCUT2D eigenvalue weighted by Gasteiger charge is 2.53. The SMILES string of the molecule is COc1ccc(CNC(=O)C(C)C2CCC3(C)CCC(NC(=O)c4ccccn4)C(C)C3C2O)cc1OC. The molecule has 38 heavy (non-hydrogen) atoms. The molecule has 4 rings (SSSR count). The van der Waals surface area contributed by atoms with Gasteiger partial charge in [-0.3, -0.25) is 14.6 Å². The summed E-state index contributed by atoms with van der Waals surface area (Å²) in [6.45, 7) is 6.66. The van der Waals surface area contributed by atoms with Crippen LogP contribution in [0.3, 0.4) is 0 Å². The summed E-state index contributed by atoms with van der Waals surface area (Å²) in [6.07, 6.45) is 4.54. The van der Waals surface area contributed by atoms with Crippen molar-refractivity contribution < 1.29 is 24.2 Å². The molecule has 206 valence electrons. The number of hydrogen-bond donors (Lipinski definition) is 3. The second-order valence-electron chi connectivity index (χ2n) is 11.3. The summed E-state index contributed by atoms with van der Waals surface area (Å²) >= 11 is 0. The van der Waals surface area contributed by atoms with E-state index in [9.17, 15) is 14.7 Å². The summed E-state index contributed by atoms with van der Waals surface area (Å²) in [5.41, 5.74) is 1.29. The summed E-state index contributed by atoms with van der Waals surface area (Å²) < 4.78 is 10.7. The van der Waals surface area contributed by atoms with Crippen LogP contribution in [0.5, 0.6) is 11.5 Å². The number of nitrogens with zero attached hydrogens (tertiary/aromatic N) is 1. The van der Waals surface area contributed by atoms with E-state index in [0.717, 1.165) is 31.2 Å². The fourth-order valence-electron chi connectivity index (χ4n) is 6.77. The smallest absolute Gasteiger partial charge is 0.270 e. The highest BCUT2D eigenvalue weighted by molar-refractivity contribution is 5.92. The molecule has 2 aromatic rings. The molecule has 7 atom stereocenters. The van der Waals surface area contributed by atoms with Crippen molar-refractivity contribution in [3.8, 4) is 11.5 Å². The second-order valence-corrected chi connectivity index (χ2v) is 11.3. The Kier molecular flexibility index (Phi) is 8.61. The molecule has 0 spiro atoms. The number of amides is 2. The first-order chi connectivity index (χ1) is 18.2. The zero-order chi connectivity index (χ0) is 27.4. The van der Waals surface area contributed by atoms with Gasteiger partial charge in [-0.1, -0.05) is 32.9 Å². The van der Waals surface area contributed by atoms with E-state index in [4.69, 9.17) is 9.47 Å². The van der Waals surface area contributed by atoms with Crippen molar-refractivity contribution in [2.45, 2.75) is 65.1 Å². The first-order valence-electron chi connectivity index (χ1n) is 13.6. The van der Waals surface area contributed by atoms with Gasteiger partial charge in [-0.05, 0) is 78.7 Å². The molecule has 2 aliphatic rings. The molecule has 7 unspecified atom stereocenters. The minimum atomic E-state index is -0.625. The fourth-order valence-corrected chi connectivity index (χ4v) is 6.77. The van der Waals surface area contributed by atoms with Crippen molar-refractivity contribution in [2.24, 2.45) is 29.1 Å². The van der Waals surface area contributed by atoms with Crippen LogP contribution in [-0.2, 0) is 11.3 Å². The third kappa shape index (κ3) is 5.65. The van der Waals surface area contributed by atoms with Crippen molar-refractivity contribution >= 4 is 11.8 Å². The quantitative estimate of drug-likeness (QED) is 0.483. The molecule has 0 aliphatic heterocycles. The van der Waals surface area contributed by atoms with E-state index in [-0.39, 0.29) is 46.9 Å². The number of aliphatic hydroxyl groups is 1. The maximum atomic E-state index is 13.2. The van der Waals surface area contributed by atoms with Crippen molar-refractivity contribution in [2.75, 3.05) is 14.2 Å². The van der Waals surface area contributed by atoms with Gasteiger partial charge in [0.15, 0.2) is 11.5 Å². The largest absolute Gasteiger partial charge is 0.493 e. The number of fused-ring (bicyclic) bond motifs is 1. The molecule has 8 nitrogen and oxygen atoms in total. The Bertz CT molecular complexity index is 1130. The Morgan fingerprint density at radius 1 is 1.13 bits per heavy atom. The Morgan fingerprint density at radius 3 is 2.55 bits per heavy atom. The van der Waals surface area contributed by atoms with Crippen LogP contribution in [0.25, 0.3) is 0 Å². The molecule has 3 N–H and O–H groups in total. The summed E-state index contributed by atoms with van der Waals surface area (Å²) in [6, 6.07) is 10.8. The van der Waals surface area contributed by atoms with Crippen LogP contribution in [0.15, 0.2) is 42.6 Å². The highest BCUT2D eigenvalue weighted by atomic mass is 16.5. The summed E-state index contributed by atoms with van der Waals surface area (Å²) in [7, 11) is 3.17. The Labute approximate surface area is 225 Å². The topological polar surface area (TPSA) is 110 Å². The molecule has 1 heterocycles. The zero-order valence-corrected chi connectivity index (χ0v) is 23.1. The molecule has 0 saturated heterocycles. The van der Waals surface area contributed by atoms with E-state index in [1.165, 1.54) is 0 Å². The van der Waals surface area contributed by atoms with E-state index >= 15 is 0 Å². The molecule has 2 saturated carbocycles. The summed E-state index contributed by atoms with van der Waals surface area (Å²) in [5, 5.41) is 17.9.